The molecule has 1 saturated heterocycles. The number of aromatic nitrogens is 3. The Hall–Kier alpha value is -1.84. The summed E-state index contributed by atoms with van der Waals surface area (Å²) in [6.45, 7) is 6.51. The van der Waals surface area contributed by atoms with Gasteiger partial charge in [0.05, 0.1) is 0 Å². The maximum absolute atomic E-state index is 4.94. The standard InChI is InChI=1S/C21H31N7.HI/c1-17-24-25-20(26(17)2)16-22-21(23-18-8-6-7-9-18)28-14-12-27(13-15-28)19-10-4-3-5-11-19;/h3-5,10-11,18H,6-9,12-16H2,1-2H3,(H,22,23);1H. The third-order valence-electron chi connectivity index (χ3n) is 5.94. The first-order valence-corrected chi connectivity index (χ1v) is 10.4. The van der Waals surface area contributed by atoms with Gasteiger partial charge in [-0.15, -0.1) is 34.2 Å². The van der Waals surface area contributed by atoms with Crippen molar-refractivity contribution in [1.29, 1.82) is 0 Å². The summed E-state index contributed by atoms with van der Waals surface area (Å²) in [5.41, 5.74) is 1.30. The summed E-state index contributed by atoms with van der Waals surface area (Å²) in [4.78, 5) is 9.80. The number of hydrogen-bond acceptors (Lipinski definition) is 4. The van der Waals surface area contributed by atoms with Crippen molar-refractivity contribution in [3.8, 4) is 0 Å². The lowest BCUT2D eigenvalue weighted by molar-refractivity contribution is 0.365. The van der Waals surface area contributed by atoms with Crippen molar-refractivity contribution >= 4 is 35.6 Å². The fourth-order valence-corrected chi connectivity index (χ4v) is 4.04. The van der Waals surface area contributed by atoms with Crippen LogP contribution in [0.4, 0.5) is 5.69 Å². The van der Waals surface area contributed by atoms with Gasteiger partial charge in [0, 0.05) is 45.0 Å². The fraction of sp³-hybridized carbons (Fsp3) is 0.571. The number of guanidine groups is 1. The molecular formula is C21H32IN7. The maximum Gasteiger partial charge on any atom is 0.194 e. The molecule has 2 aliphatic rings. The van der Waals surface area contributed by atoms with Crippen molar-refractivity contribution in [2.24, 2.45) is 12.0 Å². The Morgan fingerprint density at radius 1 is 1.07 bits per heavy atom. The summed E-state index contributed by atoms with van der Waals surface area (Å²) in [5.74, 6) is 2.86. The minimum absolute atomic E-state index is 0. The molecule has 1 saturated carbocycles. The number of rotatable bonds is 4. The van der Waals surface area contributed by atoms with E-state index in [1.807, 2.05) is 18.5 Å². The second-order valence-corrected chi connectivity index (χ2v) is 7.80. The Kier molecular flexibility index (Phi) is 7.74. The smallest absolute Gasteiger partial charge is 0.194 e. The molecular weight excluding hydrogens is 477 g/mol. The van der Waals surface area contributed by atoms with Crippen molar-refractivity contribution in [2.45, 2.75) is 45.2 Å². The third kappa shape index (κ3) is 5.40. The van der Waals surface area contributed by atoms with Crippen LogP contribution >= 0.6 is 24.0 Å². The number of benzene rings is 1. The number of halogens is 1. The van der Waals surface area contributed by atoms with Crippen LogP contribution in [-0.4, -0.2) is 57.8 Å². The number of nitrogens with zero attached hydrogens (tertiary/aromatic N) is 6. The van der Waals surface area contributed by atoms with Crippen LogP contribution in [0.3, 0.4) is 0 Å². The molecule has 8 heteroatoms. The van der Waals surface area contributed by atoms with Crippen LogP contribution in [-0.2, 0) is 13.6 Å². The van der Waals surface area contributed by atoms with Gasteiger partial charge in [0.15, 0.2) is 11.8 Å². The fourth-order valence-electron chi connectivity index (χ4n) is 4.04. The van der Waals surface area contributed by atoms with E-state index < -0.39 is 0 Å². The lowest BCUT2D eigenvalue weighted by atomic mass is 10.2. The van der Waals surface area contributed by atoms with Crippen LogP contribution in [0.15, 0.2) is 35.3 Å². The second kappa shape index (κ2) is 10.3. The monoisotopic (exact) mass is 509 g/mol. The summed E-state index contributed by atoms with van der Waals surface area (Å²) >= 11 is 0. The van der Waals surface area contributed by atoms with Gasteiger partial charge in [-0.25, -0.2) is 4.99 Å². The van der Waals surface area contributed by atoms with E-state index in [0.717, 1.165) is 43.8 Å². The zero-order valence-corrected chi connectivity index (χ0v) is 19.7. The molecule has 0 bridgehead atoms. The van der Waals surface area contributed by atoms with Crippen LogP contribution in [0.1, 0.15) is 37.3 Å². The van der Waals surface area contributed by atoms with Gasteiger partial charge in [0.1, 0.15) is 12.4 Å². The van der Waals surface area contributed by atoms with E-state index in [1.165, 1.54) is 31.4 Å². The SMILES string of the molecule is Cc1nnc(CN=C(NC2CCCC2)N2CCN(c3ccccc3)CC2)n1C.I. The van der Waals surface area contributed by atoms with Crippen molar-refractivity contribution in [2.75, 3.05) is 31.1 Å². The first-order chi connectivity index (χ1) is 13.7. The molecule has 7 nitrogen and oxygen atoms in total. The normalized spacial score (nSPS) is 18.1. The Balaban J connectivity index is 0.00000240. The summed E-state index contributed by atoms with van der Waals surface area (Å²) in [6.07, 6.45) is 5.11. The van der Waals surface area contributed by atoms with Gasteiger partial charge in [-0.2, -0.15) is 0 Å². The van der Waals surface area contributed by atoms with Gasteiger partial charge in [-0.05, 0) is 31.9 Å². The number of piperazine rings is 1. The van der Waals surface area contributed by atoms with Crippen LogP contribution in [0.2, 0.25) is 0 Å². The molecule has 1 N–H and O–H groups in total. The molecule has 1 aromatic heterocycles. The Morgan fingerprint density at radius 2 is 1.76 bits per heavy atom. The summed E-state index contributed by atoms with van der Waals surface area (Å²) in [7, 11) is 2.00. The van der Waals surface area contributed by atoms with Crippen LogP contribution < -0.4 is 10.2 Å². The third-order valence-corrected chi connectivity index (χ3v) is 5.94. The molecule has 0 atom stereocenters. The predicted molar refractivity (Wildman–Crippen MR) is 128 cm³/mol. The lowest BCUT2D eigenvalue weighted by Gasteiger charge is -2.38. The molecule has 2 heterocycles. The molecule has 1 aliphatic heterocycles. The molecule has 1 aromatic carbocycles. The molecule has 4 rings (SSSR count). The van der Waals surface area contributed by atoms with Crippen molar-refractivity contribution in [3.05, 3.63) is 42.0 Å². The Bertz CT molecular complexity index is 791. The van der Waals surface area contributed by atoms with Crippen molar-refractivity contribution in [1.82, 2.24) is 25.0 Å². The topological polar surface area (TPSA) is 61.6 Å². The highest BCUT2D eigenvalue weighted by Crippen LogP contribution is 2.19. The summed E-state index contributed by atoms with van der Waals surface area (Å²) < 4.78 is 2.02. The largest absolute Gasteiger partial charge is 0.368 e. The molecule has 158 valence electrons. The molecule has 1 aliphatic carbocycles. The number of anilines is 1. The lowest BCUT2D eigenvalue weighted by Crippen LogP contribution is -2.54. The van der Waals surface area contributed by atoms with Gasteiger partial charge in [-0.1, -0.05) is 31.0 Å². The number of hydrogen-bond donors (Lipinski definition) is 1. The number of aryl methyl sites for hydroxylation is 1. The number of nitrogens with one attached hydrogen (secondary N) is 1. The molecule has 29 heavy (non-hydrogen) atoms. The summed E-state index contributed by atoms with van der Waals surface area (Å²) in [5, 5.41) is 12.2. The molecule has 0 spiro atoms. The van der Waals surface area contributed by atoms with E-state index in [0.29, 0.717) is 12.6 Å². The quantitative estimate of drug-likeness (QED) is 0.390. The maximum atomic E-state index is 4.94. The van der Waals surface area contributed by atoms with Crippen molar-refractivity contribution < 1.29 is 0 Å². The Labute approximate surface area is 190 Å². The number of aliphatic imine (C=N–C) groups is 1. The molecule has 2 fully saturated rings. The second-order valence-electron chi connectivity index (χ2n) is 7.80. The summed E-state index contributed by atoms with van der Waals surface area (Å²) in [6, 6.07) is 11.2. The van der Waals surface area contributed by atoms with E-state index in [-0.39, 0.29) is 24.0 Å². The zero-order chi connectivity index (χ0) is 19.3. The van der Waals surface area contributed by atoms with Gasteiger partial charge in [-0.3, -0.25) is 0 Å². The molecule has 0 radical (unpaired) electrons. The first-order valence-electron chi connectivity index (χ1n) is 10.4. The average Bonchev–Trinajstić information content (AvgIpc) is 3.37. The average molecular weight is 509 g/mol. The van der Waals surface area contributed by atoms with Crippen LogP contribution in [0.25, 0.3) is 0 Å². The highest BCUT2D eigenvalue weighted by molar-refractivity contribution is 14.0. The van der Waals surface area contributed by atoms with Crippen LogP contribution in [0.5, 0.6) is 0 Å². The van der Waals surface area contributed by atoms with Crippen LogP contribution in [0, 0.1) is 6.92 Å². The van der Waals surface area contributed by atoms with Gasteiger partial charge in [0.2, 0.25) is 0 Å². The Morgan fingerprint density at radius 3 is 2.38 bits per heavy atom. The molecule has 0 amide bonds. The molecule has 0 unspecified atom stereocenters. The highest BCUT2D eigenvalue weighted by atomic mass is 127. The van der Waals surface area contributed by atoms with E-state index in [2.05, 4.69) is 55.6 Å². The van der Waals surface area contributed by atoms with E-state index in [1.54, 1.807) is 0 Å². The van der Waals surface area contributed by atoms with E-state index in [9.17, 15) is 0 Å². The molecule has 2 aromatic rings. The zero-order valence-electron chi connectivity index (χ0n) is 17.4. The first kappa shape index (κ1) is 21.9. The van der Waals surface area contributed by atoms with Gasteiger partial charge < -0.3 is 19.7 Å². The van der Waals surface area contributed by atoms with E-state index >= 15 is 0 Å². The predicted octanol–water partition coefficient (Wildman–Crippen LogP) is 2.95. The minimum Gasteiger partial charge on any atom is -0.368 e. The van der Waals surface area contributed by atoms with Gasteiger partial charge in [0.25, 0.3) is 0 Å². The van der Waals surface area contributed by atoms with E-state index in [4.69, 9.17) is 4.99 Å². The van der Waals surface area contributed by atoms with Gasteiger partial charge >= 0.3 is 0 Å². The highest BCUT2D eigenvalue weighted by Gasteiger charge is 2.23. The van der Waals surface area contributed by atoms with Crippen molar-refractivity contribution in [3.63, 3.8) is 0 Å². The number of para-hydroxylation sites is 1. The minimum atomic E-state index is 0.